The maximum atomic E-state index is 13.5. The summed E-state index contributed by atoms with van der Waals surface area (Å²) in [4.78, 5) is 11.1. The molecule has 0 aromatic heterocycles. The van der Waals surface area contributed by atoms with Crippen molar-refractivity contribution in [3.63, 3.8) is 0 Å². The SMILES string of the molecule is CCC(C)(NC(C)c1ccccc1F)C(=O)O. The van der Waals surface area contributed by atoms with Gasteiger partial charge >= 0.3 is 5.97 Å². The fourth-order valence-corrected chi connectivity index (χ4v) is 1.70. The molecule has 2 N–H and O–H groups in total. The first kappa shape index (κ1) is 13.6. The molecule has 0 spiro atoms. The smallest absolute Gasteiger partial charge is 0.323 e. The molecule has 0 amide bonds. The van der Waals surface area contributed by atoms with Crippen molar-refractivity contribution in [2.45, 2.75) is 38.8 Å². The van der Waals surface area contributed by atoms with Crippen molar-refractivity contribution in [3.8, 4) is 0 Å². The minimum Gasteiger partial charge on any atom is -0.480 e. The second-order valence-corrected chi connectivity index (χ2v) is 4.38. The highest BCUT2D eigenvalue weighted by atomic mass is 19.1. The van der Waals surface area contributed by atoms with E-state index in [1.165, 1.54) is 6.07 Å². The largest absolute Gasteiger partial charge is 0.480 e. The first-order valence-corrected chi connectivity index (χ1v) is 5.66. The molecule has 2 atom stereocenters. The van der Waals surface area contributed by atoms with Crippen LogP contribution >= 0.6 is 0 Å². The van der Waals surface area contributed by atoms with Crippen LogP contribution in [0.4, 0.5) is 4.39 Å². The molecule has 0 radical (unpaired) electrons. The summed E-state index contributed by atoms with van der Waals surface area (Å²) in [6.45, 7) is 5.15. The number of aliphatic carboxylic acids is 1. The van der Waals surface area contributed by atoms with Gasteiger partial charge in [0.2, 0.25) is 0 Å². The molecule has 4 heteroatoms. The molecule has 0 saturated heterocycles. The number of carboxylic acid groups (broad SMARTS) is 1. The second-order valence-electron chi connectivity index (χ2n) is 4.38. The lowest BCUT2D eigenvalue weighted by atomic mass is 9.96. The van der Waals surface area contributed by atoms with Crippen molar-refractivity contribution in [2.24, 2.45) is 0 Å². The average molecular weight is 239 g/mol. The zero-order valence-electron chi connectivity index (χ0n) is 10.3. The highest BCUT2D eigenvalue weighted by Crippen LogP contribution is 2.21. The second kappa shape index (κ2) is 5.27. The summed E-state index contributed by atoms with van der Waals surface area (Å²) in [5, 5.41) is 12.1. The lowest BCUT2D eigenvalue weighted by molar-refractivity contribution is -0.144. The summed E-state index contributed by atoms with van der Waals surface area (Å²) < 4.78 is 13.5. The van der Waals surface area contributed by atoms with Crippen molar-refractivity contribution in [2.75, 3.05) is 0 Å². The topological polar surface area (TPSA) is 49.3 Å². The van der Waals surface area contributed by atoms with Crippen molar-refractivity contribution < 1.29 is 14.3 Å². The van der Waals surface area contributed by atoms with E-state index in [0.717, 1.165) is 0 Å². The van der Waals surface area contributed by atoms with Crippen LogP contribution in [0.1, 0.15) is 38.8 Å². The monoisotopic (exact) mass is 239 g/mol. The molecule has 0 heterocycles. The maximum Gasteiger partial charge on any atom is 0.323 e. The molecule has 1 rings (SSSR count). The Morgan fingerprint density at radius 1 is 1.53 bits per heavy atom. The maximum absolute atomic E-state index is 13.5. The van der Waals surface area contributed by atoms with Gasteiger partial charge in [0.25, 0.3) is 0 Å². The summed E-state index contributed by atoms with van der Waals surface area (Å²) in [6.07, 6.45) is 0.432. The van der Waals surface area contributed by atoms with E-state index in [0.29, 0.717) is 12.0 Å². The van der Waals surface area contributed by atoms with E-state index in [1.54, 1.807) is 39.0 Å². The third kappa shape index (κ3) is 3.03. The van der Waals surface area contributed by atoms with Crippen LogP contribution in [-0.4, -0.2) is 16.6 Å². The van der Waals surface area contributed by atoms with E-state index < -0.39 is 11.5 Å². The van der Waals surface area contributed by atoms with Gasteiger partial charge in [0.1, 0.15) is 11.4 Å². The molecule has 0 fully saturated rings. The first-order valence-electron chi connectivity index (χ1n) is 5.66. The molecule has 3 nitrogen and oxygen atoms in total. The van der Waals surface area contributed by atoms with Gasteiger partial charge in [-0.3, -0.25) is 10.1 Å². The Bertz CT molecular complexity index is 408. The van der Waals surface area contributed by atoms with E-state index in [9.17, 15) is 9.18 Å². The predicted molar refractivity (Wildman–Crippen MR) is 64.3 cm³/mol. The molecule has 94 valence electrons. The Hall–Kier alpha value is -1.42. The van der Waals surface area contributed by atoms with Crippen molar-refractivity contribution >= 4 is 5.97 Å². The highest BCUT2D eigenvalue weighted by Gasteiger charge is 2.32. The standard InChI is InChI=1S/C13H18FNO2/c1-4-13(3,12(16)17)15-9(2)10-7-5-6-8-11(10)14/h5-9,15H,4H2,1-3H3,(H,16,17). The van der Waals surface area contributed by atoms with Crippen LogP contribution < -0.4 is 5.32 Å². The Morgan fingerprint density at radius 2 is 2.12 bits per heavy atom. The zero-order chi connectivity index (χ0) is 13.1. The quantitative estimate of drug-likeness (QED) is 0.830. The van der Waals surface area contributed by atoms with Crippen LogP contribution in [0.5, 0.6) is 0 Å². The summed E-state index contributed by atoms with van der Waals surface area (Å²) in [6, 6.07) is 6.03. The summed E-state index contributed by atoms with van der Waals surface area (Å²) in [5.74, 6) is -1.25. The van der Waals surface area contributed by atoms with Gasteiger partial charge in [-0.1, -0.05) is 25.1 Å². The molecule has 0 aliphatic heterocycles. The lowest BCUT2D eigenvalue weighted by Gasteiger charge is -2.29. The third-order valence-corrected chi connectivity index (χ3v) is 3.09. The van der Waals surface area contributed by atoms with E-state index in [2.05, 4.69) is 5.32 Å². The number of hydrogen-bond acceptors (Lipinski definition) is 2. The molecule has 1 aromatic rings. The van der Waals surface area contributed by atoms with Gasteiger partial charge in [-0.15, -0.1) is 0 Å². The van der Waals surface area contributed by atoms with Gasteiger partial charge in [0.05, 0.1) is 0 Å². The van der Waals surface area contributed by atoms with Crippen molar-refractivity contribution in [1.29, 1.82) is 0 Å². The van der Waals surface area contributed by atoms with Gasteiger partial charge in [-0.05, 0) is 26.3 Å². The van der Waals surface area contributed by atoms with Gasteiger partial charge in [0.15, 0.2) is 0 Å². The molecule has 0 bridgehead atoms. The average Bonchev–Trinajstić information content (AvgIpc) is 2.29. The molecule has 1 aromatic carbocycles. The Labute approximate surface area is 101 Å². The molecule has 0 saturated carbocycles. The van der Waals surface area contributed by atoms with Crippen LogP contribution in [0.3, 0.4) is 0 Å². The number of nitrogens with one attached hydrogen (secondary N) is 1. The van der Waals surface area contributed by atoms with Crippen molar-refractivity contribution in [3.05, 3.63) is 35.6 Å². The fourth-order valence-electron chi connectivity index (χ4n) is 1.70. The van der Waals surface area contributed by atoms with E-state index in [1.807, 2.05) is 0 Å². The van der Waals surface area contributed by atoms with E-state index in [4.69, 9.17) is 5.11 Å². The van der Waals surface area contributed by atoms with Gasteiger partial charge in [0, 0.05) is 11.6 Å². The Balaban J connectivity index is 2.89. The molecule has 17 heavy (non-hydrogen) atoms. The Morgan fingerprint density at radius 3 is 2.59 bits per heavy atom. The molecule has 0 aliphatic carbocycles. The first-order chi connectivity index (χ1) is 7.90. The zero-order valence-corrected chi connectivity index (χ0v) is 10.3. The van der Waals surface area contributed by atoms with Crippen molar-refractivity contribution in [1.82, 2.24) is 5.32 Å². The van der Waals surface area contributed by atoms with E-state index in [-0.39, 0.29) is 11.9 Å². The number of benzene rings is 1. The van der Waals surface area contributed by atoms with Crippen LogP contribution in [0.25, 0.3) is 0 Å². The highest BCUT2D eigenvalue weighted by molar-refractivity contribution is 5.78. The van der Waals surface area contributed by atoms with Gasteiger partial charge in [-0.25, -0.2) is 4.39 Å². The summed E-state index contributed by atoms with van der Waals surface area (Å²) in [7, 11) is 0. The minimum absolute atomic E-state index is 0.323. The number of carbonyl (C=O) groups is 1. The normalized spacial score (nSPS) is 16.2. The fraction of sp³-hybridized carbons (Fsp3) is 0.462. The molecule has 2 unspecified atom stereocenters. The predicted octanol–water partition coefficient (Wildman–Crippen LogP) is 2.73. The van der Waals surface area contributed by atoms with Crippen LogP contribution in [0, 0.1) is 5.82 Å². The van der Waals surface area contributed by atoms with E-state index >= 15 is 0 Å². The van der Waals surface area contributed by atoms with Crippen LogP contribution in [0.15, 0.2) is 24.3 Å². The molecular weight excluding hydrogens is 221 g/mol. The van der Waals surface area contributed by atoms with Gasteiger partial charge in [-0.2, -0.15) is 0 Å². The number of carboxylic acids is 1. The van der Waals surface area contributed by atoms with Crippen LogP contribution in [0.2, 0.25) is 0 Å². The van der Waals surface area contributed by atoms with Gasteiger partial charge < -0.3 is 5.11 Å². The lowest BCUT2D eigenvalue weighted by Crippen LogP contribution is -2.50. The summed E-state index contributed by atoms with van der Waals surface area (Å²) >= 11 is 0. The molecule has 0 aliphatic rings. The van der Waals surface area contributed by atoms with Crippen LogP contribution in [-0.2, 0) is 4.79 Å². The summed E-state index contributed by atoms with van der Waals surface area (Å²) in [5.41, 5.74) is -0.560. The number of hydrogen-bond donors (Lipinski definition) is 2. The number of halogens is 1. The number of rotatable bonds is 5. The Kier molecular flexibility index (Phi) is 4.23. The molecular formula is C13H18FNO2. The minimum atomic E-state index is -1.04. The third-order valence-electron chi connectivity index (χ3n) is 3.09.